The number of nitrogens with one attached hydrogen (secondary N) is 2. The Labute approximate surface area is 133 Å². The van der Waals surface area contributed by atoms with Crippen molar-refractivity contribution in [3.8, 4) is 11.3 Å². The van der Waals surface area contributed by atoms with Crippen LogP contribution in [0.25, 0.3) is 11.3 Å². The van der Waals surface area contributed by atoms with Gasteiger partial charge in [0.2, 0.25) is 10.0 Å². The molecule has 2 aliphatic heterocycles. The van der Waals surface area contributed by atoms with Gasteiger partial charge in [-0.05, 0) is 13.8 Å². The van der Waals surface area contributed by atoms with Gasteiger partial charge >= 0.3 is 5.97 Å². The molecular formula is C13H18N4O5S. The maximum atomic E-state index is 11.9. The highest BCUT2D eigenvalue weighted by atomic mass is 32.2. The summed E-state index contributed by atoms with van der Waals surface area (Å²) in [6.07, 6.45) is 2.87. The smallest absolute Gasteiger partial charge is 0.341 e. The number of aryl methyl sites for hydroxylation is 1. The summed E-state index contributed by atoms with van der Waals surface area (Å²) in [4.78, 5) is 23.5. The zero-order chi connectivity index (χ0) is 17.2. The minimum Gasteiger partial charge on any atom is -0.465 e. The molecule has 0 bridgehead atoms. The van der Waals surface area contributed by atoms with Gasteiger partial charge in [0.25, 0.3) is 5.56 Å². The molecule has 0 fully saturated rings. The monoisotopic (exact) mass is 342 g/mol. The number of pyridine rings is 1. The topological polar surface area (TPSA) is 123 Å². The average molecular weight is 342 g/mol. The lowest BCUT2D eigenvalue weighted by Gasteiger charge is -2.13. The van der Waals surface area contributed by atoms with Crippen LogP contribution in [0.1, 0.15) is 24.2 Å². The Bertz CT molecular complexity index is 836. The third-order valence-electron chi connectivity index (χ3n) is 3.05. The molecule has 0 aliphatic carbocycles. The molecule has 0 saturated heterocycles. The lowest BCUT2D eigenvalue weighted by atomic mass is 10.1. The van der Waals surface area contributed by atoms with Crippen LogP contribution < -0.4 is 10.3 Å². The van der Waals surface area contributed by atoms with Gasteiger partial charge in [-0.15, -0.1) is 0 Å². The number of hydrogen-bond acceptors (Lipinski definition) is 6. The van der Waals surface area contributed by atoms with Crippen molar-refractivity contribution in [2.24, 2.45) is 0 Å². The van der Waals surface area contributed by atoms with Gasteiger partial charge < -0.3 is 9.30 Å². The van der Waals surface area contributed by atoms with E-state index in [2.05, 4.69) is 19.7 Å². The third-order valence-corrected chi connectivity index (χ3v) is 4.60. The first kappa shape index (κ1) is 17.2. The van der Waals surface area contributed by atoms with Crippen LogP contribution in [0.4, 0.5) is 0 Å². The average Bonchev–Trinajstić information content (AvgIpc) is 2.84. The first-order valence-electron chi connectivity index (χ1n) is 6.90. The molecule has 0 radical (unpaired) electrons. The lowest BCUT2D eigenvalue weighted by Crippen LogP contribution is -2.33. The van der Waals surface area contributed by atoms with Crippen LogP contribution in [0.2, 0.25) is 0 Å². The van der Waals surface area contributed by atoms with Crippen molar-refractivity contribution < 1.29 is 17.9 Å². The number of H-pyrrole nitrogens is 1. The van der Waals surface area contributed by atoms with Gasteiger partial charge in [-0.1, -0.05) is 0 Å². The first-order valence-corrected chi connectivity index (χ1v) is 8.55. The number of methoxy groups -OCH3 is 1. The molecule has 0 aromatic carbocycles. The van der Waals surface area contributed by atoms with Crippen LogP contribution in [-0.2, 0) is 21.3 Å². The molecule has 0 amide bonds. The zero-order valence-electron chi connectivity index (χ0n) is 13.0. The summed E-state index contributed by atoms with van der Waals surface area (Å²) in [6, 6.07) is -0.208. The normalized spacial score (nSPS) is 12.0. The van der Waals surface area contributed by atoms with Gasteiger partial charge in [-0.3, -0.25) is 4.79 Å². The highest BCUT2D eigenvalue weighted by molar-refractivity contribution is 7.89. The number of nitrogens with zero attached hydrogens (tertiary/aromatic N) is 2. The number of sulfonamides is 1. The summed E-state index contributed by atoms with van der Waals surface area (Å²) in [5, 5.41) is 6.06. The summed E-state index contributed by atoms with van der Waals surface area (Å²) < 4.78 is 32.3. The van der Waals surface area contributed by atoms with Crippen molar-refractivity contribution in [3.63, 3.8) is 0 Å². The van der Waals surface area contributed by atoms with Crippen LogP contribution in [0, 0.1) is 0 Å². The van der Waals surface area contributed by atoms with Gasteiger partial charge in [0.05, 0.1) is 18.4 Å². The van der Waals surface area contributed by atoms with E-state index in [1.807, 2.05) is 0 Å². The van der Waals surface area contributed by atoms with Gasteiger partial charge in [0.1, 0.15) is 11.3 Å². The van der Waals surface area contributed by atoms with Gasteiger partial charge in [-0.25, -0.2) is 23.0 Å². The van der Waals surface area contributed by atoms with E-state index in [1.54, 1.807) is 13.8 Å². The third kappa shape index (κ3) is 3.96. The zero-order valence-corrected chi connectivity index (χ0v) is 13.8. The number of rotatable bonds is 6. The second-order valence-corrected chi connectivity index (χ2v) is 7.18. The van der Waals surface area contributed by atoms with Gasteiger partial charge in [-0.2, -0.15) is 5.10 Å². The molecule has 23 heavy (non-hydrogen) atoms. The molecule has 0 unspecified atom stereocenters. The van der Waals surface area contributed by atoms with E-state index in [-0.39, 0.29) is 35.2 Å². The molecule has 0 spiro atoms. The standard InChI is InChI=1S/C13H18N4O5S/c1-8(2)16-23(20,21)5-4-17-6-9-11(14-15-12(9)18)10(7-17)13(19)22-3/h6-8,16H,4-5H2,1-3H3,(H,15,18). The Balaban J connectivity index is 2.34. The van der Waals surface area contributed by atoms with Crippen molar-refractivity contribution in [2.75, 3.05) is 12.9 Å². The van der Waals surface area contributed by atoms with Crippen molar-refractivity contribution >= 4 is 16.0 Å². The SMILES string of the molecule is COC(=O)c1cn(CCS(=O)(=O)NC(C)C)cc2c(=O)[nH]nc1-2. The predicted octanol–water partition coefficient (Wildman–Crippen LogP) is -0.209. The number of carbonyl (C=O) groups is 1. The molecule has 2 aliphatic rings. The number of aromatic nitrogens is 3. The second kappa shape index (κ2) is 6.50. The summed E-state index contributed by atoms with van der Waals surface area (Å²) >= 11 is 0. The van der Waals surface area contributed by atoms with Gasteiger partial charge in [0, 0.05) is 25.0 Å². The predicted molar refractivity (Wildman–Crippen MR) is 82.9 cm³/mol. The van der Waals surface area contributed by atoms with Crippen LogP contribution in [0.3, 0.4) is 0 Å². The molecular weight excluding hydrogens is 324 g/mol. The molecule has 9 nitrogen and oxygen atoms in total. The fraction of sp³-hybridized carbons (Fsp3) is 0.462. The number of hydrogen-bond donors (Lipinski definition) is 2. The molecule has 0 aromatic heterocycles. The van der Waals surface area contributed by atoms with Crippen molar-refractivity contribution in [1.82, 2.24) is 19.5 Å². The highest BCUT2D eigenvalue weighted by Gasteiger charge is 2.22. The molecule has 2 N–H and O–H groups in total. The van der Waals surface area contributed by atoms with Crippen molar-refractivity contribution in [1.29, 1.82) is 0 Å². The quantitative estimate of drug-likeness (QED) is 0.700. The van der Waals surface area contributed by atoms with E-state index < -0.39 is 21.6 Å². The Kier molecular flexibility index (Phi) is 4.85. The van der Waals surface area contributed by atoms with Crippen molar-refractivity contribution in [2.45, 2.75) is 26.4 Å². The summed E-state index contributed by atoms with van der Waals surface area (Å²) in [5.41, 5.74) is 0.0311. The summed E-state index contributed by atoms with van der Waals surface area (Å²) in [7, 11) is -2.24. The van der Waals surface area contributed by atoms with E-state index in [1.165, 1.54) is 24.1 Å². The van der Waals surface area contributed by atoms with Crippen LogP contribution >= 0.6 is 0 Å². The van der Waals surface area contributed by atoms with E-state index in [0.29, 0.717) is 0 Å². The lowest BCUT2D eigenvalue weighted by molar-refractivity contribution is 0.0600. The number of aromatic amines is 1. The molecule has 0 atom stereocenters. The van der Waals surface area contributed by atoms with E-state index in [9.17, 15) is 18.0 Å². The molecule has 2 heterocycles. The maximum Gasteiger partial charge on any atom is 0.341 e. The molecule has 2 rings (SSSR count). The number of ether oxygens (including phenoxy) is 1. The Morgan fingerprint density at radius 1 is 1.43 bits per heavy atom. The fourth-order valence-electron chi connectivity index (χ4n) is 2.12. The first-order chi connectivity index (χ1) is 10.7. The van der Waals surface area contributed by atoms with Crippen molar-refractivity contribution in [3.05, 3.63) is 28.3 Å². The van der Waals surface area contributed by atoms with Gasteiger partial charge in [0.15, 0.2) is 0 Å². The Morgan fingerprint density at radius 3 is 2.74 bits per heavy atom. The second-order valence-electron chi connectivity index (χ2n) is 5.31. The number of carbonyl (C=O) groups excluding carboxylic acids is 1. The minimum absolute atomic E-state index is 0.0760. The minimum atomic E-state index is -3.46. The molecule has 0 saturated carbocycles. The largest absolute Gasteiger partial charge is 0.465 e. The number of fused-ring (bicyclic) bond motifs is 1. The van der Waals surface area contributed by atoms with E-state index in [4.69, 9.17) is 0 Å². The number of esters is 1. The van der Waals surface area contributed by atoms with Crippen LogP contribution in [0.5, 0.6) is 0 Å². The highest BCUT2D eigenvalue weighted by Crippen LogP contribution is 2.20. The van der Waals surface area contributed by atoms with E-state index in [0.717, 1.165) is 0 Å². The Morgan fingerprint density at radius 2 is 2.13 bits per heavy atom. The van der Waals surface area contributed by atoms with Crippen LogP contribution in [-0.4, -0.2) is 48.1 Å². The molecule has 126 valence electrons. The summed E-state index contributed by atoms with van der Waals surface area (Å²) in [6.45, 7) is 3.52. The van der Waals surface area contributed by atoms with E-state index >= 15 is 0 Å². The Hall–Kier alpha value is -2.20. The molecule has 0 aromatic rings. The van der Waals surface area contributed by atoms with Crippen LogP contribution in [0.15, 0.2) is 17.2 Å². The molecule has 10 heteroatoms. The summed E-state index contributed by atoms with van der Waals surface area (Å²) in [5.74, 6) is -0.840. The fourth-order valence-corrected chi connectivity index (χ4v) is 3.41. The maximum absolute atomic E-state index is 11.9.